The summed E-state index contributed by atoms with van der Waals surface area (Å²) in [6, 6.07) is 0.388. The minimum Gasteiger partial charge on any atom is -0.342 e. The van der Waals surface area contributed by atoms with Crippen LogP contribution in [0.25, 0.3) is 0 Å². The molecule has 1 atom stereocenters. The largest absolute Gasteiger partial charge is 0.342 e. The summed E-state index contributed by atoms with van der Waals surface area (Å²) in [6.45, 7) is 2.20. The van der Waals surface area contributed by atoms with Crippen LogP contribution in [0.1, 0.15) is 56.7 Å². The zero-order chi connectivity index (χ0) is 17.4. The molecule has 2 aliphatic heterocycles. The fourth-order valence-electron chi connectivity index (χ4n) is 4.85. The van der Waals surface area contributed by atoms with Crippen molar-refractivity contribution in [1.82, 2.24) is 19.4 Å². The van der Waals surface area contributed by atoms with Gasteiger partial charge in [0.25, 0.3) is 0 Å². The molecular weight excluding hydrogens is 316 g/mol. The van der Waals surface area contributed by atoms with Crippen molar-refractivity contribution in [2.75, 3.05) is 19.6 Å². The second-order valence-corrected chi connectivity index (χ2v) is 7.88. The van der Waals surface area contributed by atoms with Gasteiger partial charge in [-0.05, 0) is 25.7 Å². The number of hydrogen-bond donors (Lipinski definition) is 0. The Balaban J connectivity index is 1.33. The molecule has 0 spiro atoms. The maximum Gasteiger partial charge on any atom is 0.227 e. The van der Waals surface area contributed by atoms with E-state index in [2.05, 4.69) is 9.55 Å². The highest BCUT2D eigenvalue weighted by Crippen LogP contribution is 2.32. The van der Waals surface area contributed by atoms with Crippen LogP contribution in [0, 0.1) is 5.92 Å². The molecule has 6 heteroatoms. The fourth-order valence-corrected chi connectivity index (χ4v) is 4.85. The highest BCUT2D eigenvalue weighted by Gasteiger charge is 2.40. The lowest BCUT2D eigenvalue weighted by Crippen LogP contribution is -2.43. The van der Waals surface area contributed by atoms with Crippen LogP contribution >= 0.6 is 0 Å². The van der Waals surface area contributed by atoms with Crippen LogP contribution in [-0.2, 0) is 16.6 Å². The number of carbonyl (C=O) groups is 2. The zero-order valence-electron chi connectivity index (χ0n) is 15.1. The standard InChI is InChI=1S/C19H28N4O2/c1-21-11-8-20-18(21)14-6-9-22(10-7-14)19(25)15-12-17(24)23(13-15)16-4-2-3-5-16/h8,11,14-16H,2-7,9-10,12-13H2,1H3/t15-/m1/s1. The molecule has 3 heterocycles. The highest BCUT2D eigenvalue weighted by molar-refractivity contribution is 5.89. The molecule has 2 saturated heterocycles. The van der Waals surface area contributed by atoms with Gasteiger partial charge in [0, 0.05) is 57.5 Å². The summed E-state index contributed by atoms with van der Waals surface area (Å²) in [6.07, 6.45) is 10.8. The molecule has 0 aromatic carbocycles. The van der Waals surface area contributed by atoms with Crippen molar-refractivity contribution in [2.45, 2.75) is 56.9 Å². The molecule has 0 N–H and O–H groups in total. The van der Waals surface area contributed by atoms with E-state index < -0.39 is 0 Å². The van der Waals surface area contributed by atoms with Crippen molar-refractivity contribution in [3.05, 3.63) is 18.2 Å². The van der Waals surface area contributed by atoms with E-state index in [1.54, 1.807) is 0 Å². The van der Waals surface area contributed by atoms with Crippen molar-refractivity contribution in [3.63, 3.8) is 0 Å². The average molecular weight is 344 g/mol. The molecule has 1 aromatic heterocycles. The number of carbonyl (C=O) groups excluding carboxylic acids is 2. The Morgan fingerprint density at radius 2 is 1.88 bits per heavy atom. The first-order valence-corrected chi connectivity index (χ1v) is 9.69. The average Bonchev–Trinajstić information content (AvgIpc) is 3.35. The van der Waals surface area contributed by atoms with E-state index in [9.17, 15) is 9.59 Å². The molecule has 3 fully saturated rings. The Labute approximate surface area is 149 Å². The molecule has 2 amide bonds. The minimum atomic E-state index is -0.127. The molecule has 6 nitrogen and oxygen atoms in total. The molecule has 0 radical (unpaired) electrons. The summed E-state index contributed by atoms with van der Waals surface area (Å²) >= 11 is 0. The molecular formula is C19H28N4O2. The summed E-state index contributed by atoms with van der Waals surface area (Å²) in [7, 11) is 2.03. The maximum atomic E-state index is 12.9. The van der Waals surface area contributed by atoms with Gasteiger partial charge in [-0.25, -0.2) is 4.98 Å². The maximum absolute atomic E-state index is 12.9. The van der Waals surface area contributed by atoms with Gasteiger partial charge in [-0.1, -0.05) is 12.8 Å². The van der Waals surface area contributed by atoms with Gasteiger partial charge < -0.3 is 14.4 Å². The molecule has 0 unspecified atom stereocenters. The second kappa shape index (κ2) is 6.81. The summed E-state index contributed by atoms with van der Waals surface area (Å²) in [5.41, 5.74) is 0. The van der Waals surface area contributed by atoms with Crippen molar-refractivity contribution in [2.24, 2.45) is 13.0 Å². The molecule has 1 aromatic rings. The number of rotatable bonds is 3. The first-order chi connectivity index (χ1) is 12.1. The minimum absolute atomic E-state index is 0.127. The van der Waals surface area contributed by atoms with Gasteiger partial charge in [-0.2, -0.15) is 0 Å². The topological polar surface area (TPSA) is 58.4 Å². The van der Waals surface area contributed by atoms with Crippen LogP contribution in [0.15, 0.2) is 12.4 Å². The van der Waals surface area contributed by atoms with Crippen molar-refractivity contribution in [3.8, 4) is 0 Å². The molecule has 0 bridgehead atoms. The third-order valence-corrected chi connectivity index (χ3v) is 6.30. The van der Waals surface area contributed by atoms with Gasteiger partial charge in [0.05, 0.1) is 5.92 Å². The summed E-state index contributed by atoms with van der Waals surface area (Å²) in [4.78, 5) is 33.7. The fraction of sp³-hybridized carbons (Fsp3) is 0.737. The number of amides is 2. The highest BCUT2D eigenvalue weighted by atomic mass is 16.2. The summed E-state index contributed by atoms with van der Waals surface area (Å²) in [5, 5.41) is 0. The van der Waals surface area contributed by atoms with Crippen molar-refractivity contribution < 1.29 is 9.59 Å². The van der Waals surface area contributed by atoms with E-state index in [-0.39, 0.29) is 17.7 Å². The number of hydrogen-bond acceptors (Lipinski definition) is 3. The monoisotopic (exact) mass is 344 g/mol. The van der Waals surface area contributed by atoms with E-state index in [0.29, 0.717) is 24.9 Å². The van der Waals surface area contributed by atoms with Gasteiger partial charge in [0.2, 0.25) is 11.8 Å². The molecule has 136 valence electrons. The summed E-state index contributed by atoms with van der Waals surface area (Å²) in [5.74, 6) is 1.80. The smallest absolute Gasteiger partial charge is 0.227 e. The van der Waals surface area contributed by atoms with Gasteiger partial charge in [-0.15, -0.1) is 0 Å². The quantitative estimate of drug-likeness (QED) is 0.842. The Morgan fingerprint density at radius 3 is 2.52 bits per heavy atom. The van der Waals surface area contributed by atoms with E-state index in [1.807, 2.05) is 29.2 Å². The van der Waals surface area contributed by atoms with Crippen LogP contribution in [-0.4, -0.2) is 56.8 Å². The van der Waals surface area contributed by atoms with E-state index in [4.69, 9.17) is 0 Å². The third kappa shape index (κ3) is 3.18. The lowest BCUT2D eigenvalue weighted by atomic mass is 9.94. The molecule has 4 rings (SSSR count). The lowest BCUT2D eigenvalue weighted by molar-refractivity contribution is -0.136. The second-order valence-electron chi connectivity index (χ2n) is 7.88. The third-order valence-electron chi connectivity index (χ3n) is 6.30. The van der Waals surface area contributed by atoms with E-state index in [0.717, 1.165) is 44.6 Å². The molecule has 1 saturated carbocycles. The van der Waals surface area contributed by atoms with E-state index >= 15 is 0 Å². The lowest BCUT2D eigenvalue weighted by Gasteiger charge is -2.33. The van der Waals surface area contributed by atoms with E-state index in [1.165, 1.54) is 12.8 Å². The number of nitrogens with zero attached hydrogens (tertiary/aromatic N) is 4. The predicted octanol–water partition coefficient (Wildman–Crippen LogP) is 1.92. The predicted molar refractivity (Wildman–Crippen MR) is 93.8 cm³/mol. The molecule has 25 heavy (non-hydrogen) atoms. The van der Waals surface area contributed by atoms with Gasteiger partial charge >= 0.3 is 0 Å². The number of aryl methyl sites for hydroxylation is 1. The Morgan fingerprint density at radius 1 is 1.16 bits per heavy atom. The van der Waals surface area contributed by atoms with Gasteiger partial charge in [0.1, 0.15) is 5.82 Å². The Kier molecular flexibility index (Phi) is 4.52. The van der Waals surface area contributed by atoms with Crippen LogP contribution < -0.4 is 0 Å². The molecule has 1 aliphatic carbocycles. The van der Waals surface area contributed by atoms with Crippen LogP contribution in [0.2, 0.25) is 0 Å². The van der Waals surface area contributed by atoms with Crippen LogP contribution in [0.5, 0.6) is 0 Å². The van der Waals surface area contributed by atoms with Crippen molar-refractivity contribution >= 4 is 11.8 Å². The SMILES string of the molecule is Cn1ccnc1C1CCN(C(=O)[C@@H]2CC(=O)N(C3CCCC3)C2)CC1. The zero-order valence-corrected chi connectivity index (χ0v) is 15.1. The van der Waals surface area contributed by atoms with Gasteiger partial charge in [0.15, 0.2) is 0 Å². The number of imidazole rings is 1. The van der Waals surface area contributed by atoms with Crippen molar-refractivity contribution in [1.29, 1.82) is 0 Å². The Hall–Kier alpha value is -1.85. The molecule has 3 aliphatic rings. The first kappa shape index (κ1) is 16.6. The number of aromatic nitrogens is 2. The number of piperidine rings is 1. The summed E-state index contributed by atoms with van der Waals surface area (Å²) < 4.78 is 2.08. The first-order valence-electron chi connectivity index (χ1n) is 9.69. The number of likely N-dealkylation sites (tertiary alicyclic amines) is 2. The van der Waals surface area contributed by atoms with Crippen LogP contribution in [0.3, 0.4) is 0 Å². The normalized spacial score (nSPS) is 26.0. The van der Waals surface area contributed by atoms with Gasteiger partial charge in [-0.3, -0.25) is 9.59 Å². The Bertz CT molecular complexity index is 642. The van der Waals surface area contributed by atoms with Crippen LogP contribution in [0.4, 0.5) is 0 Å².